The highest BCUT2D eigenvalue weighted by molar-refractivity contribution is 5.95. The number of amides is 1. The van der Waals surface area contributed by atoms with Crippen LogP contribution in [-0.4, -0.2) is 22.7 Å². The summed E-state index contributed by atoms with van der Waals surface area (Å²) in [4.78, 5) is 15.9. The van der Waals surface area contributed by atoms with Gasteiger partial charge in [0.1, 0.15) is 5.75 Å². The second kappa shape index (κ2) is 6.60. The monoisotopic (exact) mass is 330 g/mol. The van der Waals surface area contributed by atoms with Crippen molar-refractivity contribution in [2.24, 2.45) is 0 Å². The van der Waals surface area contributed by atoms with Crippen LogP contribution in [0.1, 0.15) is 63.0 Å². The lowest BCUT2D eigenvalue weighted by Gasteiger charge is -2.22. The molecular weight excluding hydrogens is 308 g/mol. The highest BCUT2D eigenvalue weighted by Crippen LogP contribution is 2.31. The number of nitrogens with zero attached hydrogens (tertiary/aromatic N) is 2. The Kier molecular flexibility index (Phi) is 4.53. The van der Waals surface area contributed by atoms with Crippen molar-refractivity contribution in [1.82, 2.24) is 15.5 Å². The summed E-state index contributed by atoms with van der Waals surface area (Å²) in [5, 5.41) is 10.2. The maximum absolute atomic E-state index is 11.4. The number of carbonyl (C=O) groups excluding carboxylic acids is 1. The average Bonchev–Trinajstić information content (AvgIpc) is 3.04. The first-order valence-electron chi connectivity index (χ1n) is 8.10. The van der Waals surface area contributed by atoms with Crippen LogP contribution < -0.4 is 15.4 Å². The van der Waals surface area contributed by atoms with Gasteiger partial charge >= 0.3 is 0 Å². The molecule has 0 saturated carbocycles. The van der Waals surface area contributed by atoms with Crippen molar-refractivity contribution in [3.63, 3.8) is 0 Å². The molecule has 1 aliphatic heterocycles. The molecule has 2 aromatic rings. The molecule has 1 aromatic carbocycles. The zero-order valence-electron chi connectivity index (χ0n) is 14.3. The van der Waals surface area contributed by atoms with Gasteiger partial charge in [0.15, 0.2) is 12.4 Å². The van der Waals surface area contributed by atoms with Crippen LogP contribution in [0.5, 0.6) is 5.75 Å². The smallest absolute Gasteiger partial charge is 0.262 e. The Morgan fingerprint density at radius 3 is 2.71 bits per heavy atom. The summed E-state index contributed by atoms with van der Waals surface area (Å²) < 4.78 is 10.7. The SMILES string of the molecule is CC(C)c1noc(C(C)NC(C)c2ccc3c(c2)NC(=O)CO3)n1. The van der Waals surface area contributed by atoms with Crippen LogP contribution in [0.25, 0.3) is 0 Å². The largest absolute Gasteiger partial charge is 0.482 e. The Bertz CT molecular complexity index is 741. The van der Waals surface area contributed by atoms with Crippen molar-refractivity contribution in [2.45, 2.75) is 45.7 Å². The molecular formula is C17H22N4O3. The highest BCUT2D eigenvalue weighted by Gasteiger charge is 2.20. The molecule has 0 aliphatic carbocycles. The molecule has 2 atom stereocenters. The predicted molar refractivity (Wildman–Crippen MR) is 88.9 cm³/mol. The normalized spacial score (nSPS) is 16.3. The fraction of sp³-hybridized carbons (Fsp3) is 0.471. The molecule has 0 bridgehead atoms. The Hall–Kier alpha value is -2.41. The first kappa shape index (κ1) is 16.4. The summed E-state index contributed by atoms with van der Waals surface area (Å²) in [7, 11) is 0. The summed E-state index contributed by atoms with van der Waals surface area (Å²) in [5.74, 6) is 2.06. The van der Waals surface area contributed by atoms with E-state index in [-0.39, 0.29) is 30.5 Å². The zero-order chi connectivity index (χ0) is 17.3. The van der Waals surface area contributed by atoms with Crippen LogP contribution in [-0.2, 0) is 4.79 Å². The average molecular weight is 330 g/mol. The number of hydrogen-bond donors (Lipinski definition) is 2. The number of benzene rings is 1. The number of hydrogen-bond acceptors (Lipinski definition) is 6. The van der Waals surface area contributed by atoms with E-state index in [1.807, 2.05) is 45.9 Å². The lowest BCUT2D eigenvalue weighted by Crippen LogP contribution is -2.26. The fourth-order valence-electron chi connectivity index (χ4n) is 2.57. The van der Waals surface area contributed by atoms with Gasteiger partial charge in [-0.05, 0) is 31.5 Å². The number of carbonyl (C=O) groups is 1. The number of aromatic nitrogens is 2. The molecule has 1 aliphatic rings. The van der Waals surface area contributed by atoms with Gasteiger partial charge in [0.05, 0.1) is 11.7 Å². The van der Waals surface area contributed by atoms with Crippen molar-refractivity contribution in [3.05, 3.63) is 35.5 Å². The van der Waals surface area contributed by atoms with E-state index in [0.717, 1.165) is 5.56 Å². The van der Waals surface area contributed by atoms with Crippen molar-refractivity contribution in [1.29, 1.82) is 0 Å². The minimum Gasteiger partial charge on any atom is -0.482 e. The quantitative estimate of drug-likeness (QED) is 0.876. The Balaban J connectivity index is 1.71. The number of ether oxygens (including phenoxy) is 1. The summed E-state index contributed by atoms with van der Waals surface area (Å²) >= 11 is 0. The van der Waals surface area contributed by atoms with Gasteiger partial charge in [0.25, 0.3) is 5.91 Å². The molecule has 0 saturated heterocycles. The topological polar surface area (TPSA) is 89.3 Å². The third-order valence-corrected chi connectivity index (χ3v) is 3.98. The van der Waals surface area contributed by atoms with Gasteiger partial charge in [-0.2, -0.15) is 4.98 Å². The molecule has 3 rings (SSSR count). The van der Waals surface area contributed by atoms with E-state index in [4.69, 9.17) is 9.26 Å². The maximum Gasteiger partial charge on any atom is 0.262 e. The van der Waals surface area contributed by atoms with Crippen LogP contribution in [0.2, 0.25) is 0 Å². The minimum absolute atomic E-state index is 0.0403. The Morgan fingerprint density at radius 2 is 2.00 bits per heavy atom. The second-order valence-corrected chi connectivity index (χ2v) is 6.35. The molecule has 0 spiro atoms. The Labute approximate surface area is 140 Å². The molecule has 2 N–H and O–H groups in total. The first-order chi connectivity index (χ1) is 11.4. The van der Waals surface area contributed by atoms with Crippen molar-refractivity contribution in [3.8, 4) is 5.75 Å². The molecule has 2 heterocycles. The van der Waals surface area contributed by atoms with Gasteiger partial charge in [0.2, 0.25) is 5.89 Å². The van der Waals surface area contributed by atoms with Gasteiger partial charge < -0.3 is 14.6 Å². The number of nitrogens with one attached hydrogen (secondary N) is 2. The standard InChI is InChI=1S/C17H22N4O3/c1-9(2)16-20-17(24-21-16)11(4)18-10(3)12-5-6-14-13(7-12)19-15(22)8-23-14/h5-7,9-11,18H,8H2,1-4H3,(H,19,22). The van der Waals surface area contributed by atoms with Gasteiger partial charge in [-0.25, -0.2) is 0 Å². The van der Waals surface area contributed by atoms with Crippen LogP contribution >= 0.6 is 0 Å². The fourth-order valence-corrected chi connectivity index (χ4v) is 2.57. The van der Waals surface area contributed by atoms with Crippen LogP contribution in [0.3, 0.4) is 0 Å². The molecule has 7 nitrogen and oxygen atoms in total. The molecule has 1 aromatic heterocycles. The molecule has 0 radical (unpaired) electrons. The van der Waals surface area contributed by atoms with Gasteiger partial charge in [0, 0.05) is 12.0 Å². The van der Waals surface area contributed by atoms with Gasteiger partial charge in [-0.3, -0.25) is 10.1 Å². The third kappa shape index (κ3) is 3.41. The summed E-state index contributed by atoms with van der Waals surface area (Å²) in [6.45, 7) is 8.14. The molecule has 24 heavy (non-hydrogen) atoms. The maximum atomic E-state index is 11.4. The number of anilines is 1. The molecule has 128 valence electrons. The van der Waals surface area contributed by atoms with Crippen LogP contribution in [0.4, 0.5) is 5.69 Å². The highest BCUT2D eigenvalue weighted by atomic mass is 16.5. The van der Waals surface area contributed by atoms with Crippen LogP contribution in [0, 0.1) is 0 Å². The van der Waals surface area contributed by atoms with Gasteiger partial charge in [-0.1, -0.05) is 25.1 Å². The van der Waals surface area contributed by atoms with E-state index in [9.17, 15) is 4.79 Å². The predicted octanol–water partition coefficient (Wildman–Crippen LogP) is 2.94. The molecule has 2 unspecified atom stereocenters. The van der Waals surface area contributed by atoms with E-state index in [1.54, 1.807) is 0 Å². The lowest BCUT2D eigenvalue weighted by molar-refractivity contribution is -0.118. The lowest BCUT2D eigenvalue weighted by atomic mass is 10.1. The summed E-state index contributed by atoms with van der Waals surface area (Å²) in [6, 6.07) is 5.73. The van der Waals surface area contributed by atoms with Crippen molar-refractivity contribution >= 4 is 11.6 Å². The molecule has 7 heteroatoms. The van der Waals surface area contributed by atoms with E-state index in [0.29, 0.717) is 23.2 Å². The minimum atomic E-state index is -0.138. The van der Waals surface area contributed by atoms with Crippen molar-refractivity contribution in [2.75, 3.05) is 11.9 Å². The zero-order valence-corrected chi connectivity index (χ0v) is 14.3. The van der Waals surface area contributed by atoms with E-state index in [2.05, 4.69) is 20.8 Å². The van der Waals surface area contributed by atoms with E-state index < -0.39 is 0 Å². The van der Waals surface area contributed by atoms with E-state index in [1.165, 1.54) is 0 Å². The third-order valence-electron chi connectivity index (χ3n) is 3.98. The summed E-state index contributed by atoms with van der Waals surface area (Å²) in [5.41, 5.74) is 1.74. The molecule has 1 amide bonds. The first-order valence-corrected chi connectivity index (χ1v) is 8.10. The molecule has 0 fully saturated rings. The van der Waals surface area contributed by atoms with E-state index >= 15 is 0 Å². The number of rotatable bonds is 5. The van der Waals surface area contributed by atoms with Gasteiger partial charge in [-0.15, -0.1) is 0 Å². The Morgan fingerprint density at radius 1 is 1.21 bits per heavy atom. The second-order valence-electron chi connectivity index (χ2n) is 6.35. The van der Waals surface area contributed by atoms with Crippen LogP contribution in [0.15, 0.2) is 22.7 Å². The van der Waals surface area contributed by atoms with Crippen molar-refractivity contribution < 1.29 is 14.1 Å². The summed E-state index contributed by atoms with van der Waals surface area (Å²) in [6.07, 6.45) is 0. The number of fused-ring (bicyclic) bond motifs is 1.